The zero-order valence-electron chi connectivity index (χ0n) is 16.0. The molecule has 2 atom stereocenters. The van der Waals surface area contributed by atoms with E-state index in [9.17, 15) is 9.90 Å². The Morgan fingerprint density at radius 1 is 0.897 bits per heavy atom. The topological polar surface area (TPSA) is 52.6 Å². The summed E-state index contributed by atoms with van der Waals surface area (Å²) in [6, 6.07) is 30.5. The normalized spacial score (nSPS) is 17.1. The fourth-order valence-electron chi connectivity index (χ4n) is 3.40. The van der Waals surface area contributed by atoms with Gasteiger partial charge in [-0.05, 0) is 24.6 Å². The molecule has 2 N–H and O–H groups in total. The van der Waals surface area contributed by atoms with E-state index >= 15 is 0 Å². The Hall–Kier alpha value is -3.18. The van der Waals surface area contributed by atoms with Crippen molar-refractivity contribution in [2.45, 2.75) is 17.7 Å². The minimum Gasteiger partial charge on any atom is -0.480 e. The molecule has 1 aliphatic rings. The molecule has 29 heavy (non-hydrogen) atoms. The lowest BCUT2D eigenvalue weighted by Crippen LogP contribution is -2.36. The van der Waals surface area contributed by atoms with Crippen LogP contribution in [0.25, 0.3) is 11.4 Å². The molecular weight excluding hydrogens is 380 g/mol. The van der Waals surface area contributed by atoms with Crippen molar-refractivity contribution < 1.29 is 9.90 Å². The minimum atomic E-state index is -0.820. The van der Waals surface area contributed by atoms with Crippen molar-refractivity contribution in [3.8, 4) is 0 Å². The first kappa shape index (κ1) is 19.2. The smallest absolute Gasteiger partial charge is 0.316 e. The van der Waals surface area contributed by atoms with Crippen LogP contribution in [0, 0.1) is 0 Å². The fraction of sp³-hybridized carbons (Fsp3) is 0.125. The fourth-order valence-corrected chi connectivity index (χ4v) is 4.44. The van der Waals surface area contributed by atoms with Crippen molar-refractivity contribution in [3.05, 3.63) is 102 Å². The molecule has 0 aliphatic carbocycles. The van der Waals surface area contributed by atoms with E-state index < -0.39 is 11.2 Å². The van der Waals surface area contributed by atoms with Gasteiger partial charge in [-0.2, -0.15) is 0 Å². The molecule has 3 aromatic rings. The Morgan fingerprint density at radius 3 is 1.97 bits per heavy atom. The molecule has 0 bridgehead atoms. The number of carbonyl (C=O) groups is 1. The third-order valence-corrected chi connectivity index (χ3v) is 6.00. The van der Waals surface area contributed by atoms with Gasteiger partial charge >= 0.3 is 5.97 Å². The largest absolute Gasteiger partial charge is 0.480 e. The molecule has 1 heterocycles. The van der Waals surface area contributed by atoms with Crippen LogP contribution in [0.3, 0.4) is 0 Å². The molecule has 0 saturated heterocycles. The monoisotopic (exact) mass is 402 g/mol. The van der Waals surface area contributed by atoms with Crippen molar-refractivity contribution in [1.82, 2.24) is 5.32 Å². The first-order valence-electron chi connectivity index (χ1n) is 9.49. The minimum absolute atomic E-state index is 0.242. The summed E-state index contributed by atoms with van der Waals surface area (Å²) in [4.78, 5) is 13.7. The van der Waals surface area contributed by atoms with Crippen LogP contribution in [0.1, 0.15) is 18.1 Å². The van der Waals surface area contributed by atoms with Gasteiger partial charge in [0.1, 0.15) is 5.25 Å². The quantitative estimate of drug-likeness (QED) is 0.600. The molecule has 5 heteroatoms. The van der Waals surface area contributed by atoms with E-state index in [0.717, 1.165) is 28.2 Å². The van der Waals surface area contributed by atoms with Crippen molar-refractivity contribution in [1.29, 1.82) is 0 Å². The van der Waals surface area contributed by atoms with E-state index in [0.29, 0.717) is 0 Å². The highest BCUT2D eigenvalue weighted by Crippen LogP contribution is 2.42. The number of hydrogen-bond donors (Lipinski definition) is 2. The van der Waals surface area contributed by atoms with Crippen LogP contribution in [0.15, 0.2) is 91.0 Å². The van der Waals surface area contributed by atoms with E-state index in [1.54, 1.807) is 6.92 Å². The third-order valence-electron chi connectivity index (χ3n) is 4.80. The molecule has 0 fully saturated rings. The number of carboxylic acids is 1. The summed E-state index contributed by atoms with van der Waals surface area (Å²) in [7, 11) is 0. The second-order valence-electron chi connectivity index (χ2n) is 6.77. The summed E-state index contributed by atoms with van der Waals surface area (Å²) in [6.45, 7) is 1.72. The zero-order valence-corrected chi connectivity index (χ0v) is 16.8. The summed E-state index contributed by atoms with van der Waals surface area (Å²) in [5, 5.41) is 12.5. The second kappa shape index (κ2) is 8.45. The molecule has 1 aliphatic heterocycles. The second-order valence-corrected chi connectivity index (χ2v) is 8.20. The Bertz CT molecular complexity index is 1010. The van der Waals surface area contributed by atoms with E-state index in [1.807, 2.05) is 54.6 Å². The molecule has 4 rings (SSSR count). The number of nitrogens with one attached hydrogen (secondary N) is 1. The Labute approximate surface area is 174 Å². The van der Waals surface area contributed by atoms with Gasteiger partial charge in [-0.3, -0.25) is 4.79 Å². The van der Waals surface area contributed by atoms with Gasteiger partial charge in [-0.15, -0.1) is 11.8 Å². The van der Waals surface area contributed by atoms with Crippen LogP contribution in [-0.2, 0) is 4.79 Å². The van der Waals surface area contributed by atoms with Crippen molar-refractivity contribution >= 4 is 34.8 Å². The number of benzene rings is 3. The van der Waals surface area contributed by atoms with Gasteiger partial charge in [0.15, 0.2) is 5.50 Å². The number of rotatable bonds is 6. The lowest BCUT2D eigenvalue weighted by molar-refractivity contribution is -0.136. The predicted octanol–water partition coefficient (Wildman–Crippen LogP) is 5.11. The summed E-state index contributed by atoms with van der Waals surface area (Å²) in [5.74, 6) is -0.820. The van der Waals surface area contributed by atoms with Gasteiger partial charge in [-0.1, -0.05) is 78.9 Å². The number of aliphatic carboxylic acids is 1. The van der Waals surface area contributed by atoms with Crippen LogP contribution in [-0.4, -0.2) is 21.8 Å². The summed E-state index contributed by atoms with van der Waals surface area (Å²) in [5.41, 5.74) is 4.95. The van der Waals surface area contributed by atoms with E-state index in [4.69, 9.17) is 0 Å². The SMILES string of the molecule is CC(SC1NC(c2ccccc2)=C(c2ccccc2)N1c1ccccc1)C(=O)O. The molecule has 4 nitrogen and oxygen atoms in total. The van der Waals surface area contributed by atoms with Crippen LogP contribution in [0.2, 0.25) is 0 Å². The molecule has 2 unspecified atom stereocenters. The number of nitrogens with zero attached hydrogens (tertiary/aromatic N) is 1. The maximum atomic E-state index is 11.6. The number of para-hydroxylation sites is 1. The molecule has 0 spiro atoms. The van der Waals surface area contributed by atoms with E-state index in [1.165, 1.54) is 11.8 Å². The average molecular weight is 403 g/mol. The van der Waals surface area contributed by atoms with E-state index in [-0.39, 0.29) is 5.50 Å². The Balaban J connectivity index is 1.88. The molecule has 146 valence electrons. The third kappa shape index (κ3) is 4.00. The van der Waals surface area contributed by atoms with Crippen molar-refractivity contribution in [2.75, 3.05) is 4.90 Å². The highest BCUT2D eigenvalue weighted by Gasteiger charge is 2.36. The van der Waals surface area contributed by atoms with Crippen LogP contribution in [0.4, 0.5) is 5.69 Å². The standard InChI is InChI=1S/C24H22N2O2S/c1-17(23(27)28)29-24-25-21(18-11-5-2-6-12-18)22(19-13-7-3-8-14-19)26(24)20-15-9-4-10-16-20/h2-17,24-25H,1H3,(H,27,28). The Morgan fingerprint density at radius 2 is 1.41 bits per heavy atom. The molecule has 0 saturated carbocycles. The first-order chi connectivity index (χ1) is 14.1. The summed E-state index contributed by atoms with van der Waals surface area (Å²) >= 11 is 1.39. The molecular formula is C24H22N2O2S. The van der Waals surface area contributed by atoms with Gasteiger partial charge in [0.2, 0.25) is 0 Å². The van der Waals surface area contributed by atoms with Gasteiger partial charge < -0.3 is 15.3 Å². The van der Waals surface area contributed by atoms with Crippen LogP contribution in [0.5, 0.6) is 0 Å². The number of carboxylic acid groups (broad SMARTS) is 1. The van der Waals surface area contributed by atoms with Gasteiger partial charge in [0.25, 0.3) is 0 Å². The van der Waals surface area contributed by atoms with Crippen molar-refractivity contribution in [3.63, 3.8) is 0 Å². The van der Waals surface area contributed by atoms with Gasteiger partial charge in [-0.25, -0.2) is 0 Å². The lowest BCUT2D eigenvalue weighted by Gasteiger charge is -2.29. The molecule has 0 radical (unpaired) electrons. The maximum Gasteiger partial charge on any atom is 0.316 e. The molecule has 3 aromatic carbocycles. The van der Waals surface area contributed by atoms with Crippen LogP contribution >= 0.6 is 11.8 Å². The molecule has 0 aromatic heterocycles. The van der Waals surface area contributed by atoms with Gasteiger partial charge in [0.05, 0.1) is 11.4 Å². The number of thioether (sulfide) groups is 1. The Kier molecular flexibility index (Phi) is 5.58. The number of anilines is 1. The van der Waals surface area contributed by atoms with Crippen LogP contribution < -0.4 is 10.2 Å². The highest BCUT2D eigenvalue weighted by atomic mass is 32.2. The van der Waals surface area contributed by atoms with E-state index in [2.05, 4.69) is 46.6 Å². The van der Waals surface area contributed by atoms with Gasteiger partial charge in [0, 0.05) is 11.3 Å². The number of hydrogen-bond acceptors (Lipinski definition) is 4. The highest BCUT2D eigenvalue weighted by molar-refractivity contribution is 8.01. The predicted molar refractivity (Wildman–Crippen MR) is 120 cm³/mol. The maximum absolute atomic E-state index is 11.6. The summed E-state index contributed by atoms with van der Waals surface area (Å²) in [6.07, 6.45) is 0. The average Bonchev–Trinajstić information content (AvgIpc) is 3.14. The lowest BCUT2D eigenvalue weighted by atomic mass is 10.0. The molecule has 0 amide bonds. The van der Waals surface area contributed by atoms with Crippen molar-refractivity contribution in [2.24, 2.45) is 0 Å². The zero-order chi connectivity index (χ0) is 20.2. The summed E-state index contributed by atoms with van der Waals surface area (Å²) < 4.78 is 0. The first-order valence-corrected chi connectivity index (χ1v) is 10.4.